The van der Waals surface area contributed by atoms with Crippen molar-refractivity contribution in [2.45, 2.75) is 20.0 Å². The van der Waals surface area contributed by atoms with E-state index < -0.39 is 5.41 Å². The standard InChI is InChI=1S/C23H21FN4O3/c1-14-20(11-26-31-14)27-22(29)23-9-19(23)18(16-10-25-28(2)12-16)7-8-21(23)30-13-15-3-5-17(24)6-4-15/h3-8,10-12,19H,9,13H2,1-2H3,(H,27,29). The molecule has 2 atom stereocenters. The van der Waals surface area contributed by atoms with Crippen LogP contribution in [0.5, 0.6) is 0 Å². The zero-order valence-corrected chi connectivity index (χ0v) is 17.1. The van der Waals surface area contributed by atoms with Crippen LogP contribution in [0.4, 0.5) is 10.1 Å². The van der Waals surface area contributed by atoms with E-state index in [4.69, 9.17) is 9.26 Å². The predicted octanol–water partition coefficient (Wildman–Crippen LogP) is 4.00. The van der Waals surface area contributed by atoms with E-state index in [1.807, 2.05) is 25.4 Å². The fourth-order valence-corrected chi connectivity index (χ4v) is 4.14. The molecule has 2 unspecified atom stereocenters. The van der Waals surface area contributed by atoms with Crippen molar-refractivity contribution in [3.05, 3.63) is 83.5 Å². The number of nitrogens with one attached hydrogen (secondary N) is 1. The zero-order chi connectivity index (χ0) is 21.6. The Morgan fingerprint density at radius 3 is 2.81 bits per heavy atom. The predicted molar refractivity (Wildman–Crippen MR) is 111 cm³/mol. The van der Waals surface area contributed by atoms with E-state index in [0.29, 0.717) is 23.6 Å². The molecule has 3 aromatic rings. The van der Waals surface area contributed by atoms with Gasteiger partial charge in [0.1, 0.15) is 29.3 Å². The molecule has 1 saturated carbocycles. The highest BCUT2D eigenvalue weighted by Gasteiger charge is 2.66. The van der Waals surface area contributed by atoms with Crippen molar-refractivity contribution in [3.63, 3.8) is 0 Å². The van der Waals surface area contributed by atoms with Crippen molar-refractivity contribution >= 4 is 17.2 Å². The van der Waals surface area contributed by atoms with Gasteiger partial charge in [-0.1, -0.05) is 23.4 Å². The topological polar surface area (TPSA) is 82.2 Å². The number of ether oxygens (including phenoxy) is 1. The summed E-state index contributed by atoms with van der Waals surface area (Å²) in [5.41, 5.74) is 2.59. The van der Waals surface area contributed by atoms with Crippen molar-refractivity contribution in [3.8, 4) is 0 Å². The van der Waals surface area contributed by atoms with Gasteiger partial charge in [-0.05, 0) is 42.7 Å². The van der Waals surface area contributed by atoms with Gasteiger partial charge in [-0.3, -0.25) is 9.48 Å². The number of anilines is 1. The van der Waals surface area contributed by atoms with E-state index in [1.54, 1.807) is 29.9 Å². The molecular weight excluding hydrogens is 399 g/mol. The summed E-state index contributed by atoms with van der Waals surface area (Å²) in [6, 6.07) is 6.14. The number of fused-ring (bicyclic) bond motifs is 1. The summed E-state index contributed by atoms with van der Waals surface area (Å²) in [6.45, 7) is 1.99. The summed E-state index contributed by atoms with van der Waals surface area (Å²) in [7, 11) is 1.86. The summed E-state index contributed by atoms with van der Waals surface area (Å²) < 4.78 is 26.1. The smallest absolute Gasteiger partial charge is 0.239 e. The quantitative estimate of drug-likeness (QED) is 0.652. The fourth-order valence-electron chi connectivity index (χ4n) is 4.14. The number of hydrogen-bond acceptors (Lipinski definition) is 5. The van der Waals surface area contributed by atoms with Crippen LogP contribution in [0.25, 0.3) is 5.57 Å². The molecule has 31 heavy (non-hydrogen) atoms. The van der Waals surface area contributed by atoms with Crippen LogP contribution >= 0.6 is 0 Å². The third kappa shape index (κ3) is 3.34. The van der Waals surface area contributed by atoms with Crippen molar-refractivity contribution in [1.29, 1.82) is 0 Å². The fraction of sp³-hybridized carbons (Fsp3) is 0.261. The molecule has 5 rings (SSSR count). The van der Waals surface area contributed by atoms with Crippen LogP contribution in [-0.2, 0) is 23.2 Å². The van der Waals surface area contributed by atoms with Gasteiger partial charge in [0, 0.05) is 24.7 Å². The Morgan fingerprint density at radius 1 is 1.32 bits per heavy atom. The van der Waals surface area contributed by atoms with Crippen LogP contribution in [0.3, 0.4) is 0 Å². The van der Waals surface area contributed by atoms with Gasteiger partial charge >= 0.3 is 0 Å². The van der Waals surface area contributed by atoms with Crippen LogP contribution in [0.2, 0.25) is 0 Å². The Labute approximate surface area is 178 Å². The molecule has 0 radical (unpaired) electrons. The SMILES string of the molecule is Cc1oncc1NC(=O)C12CC1C(c1cnn(C)c1)=CC=C2OCc1ccc(F)cc1. The summed E-state index contributed by atoms with van der Waals surface area (Å²) >= 11 is 0. The zero-order valence-electron chi connectivity index (χ0n) is 17.1. The van der Waals surface area contributed by atoms with Crippen molar-refractivity contribution in [2.75, 3.05) is 5.32 Å². The molecule has 1 fully saturated rings. The van der Waals surface area contributed by atoms with Gasteiger partial charge < -0.3 is 14.6 Å². The number of aryl methyl sites for hydroxylation is 2. The molecule has 1 aromatic carbocycles. The van der Waals surface area contributed by atoms with Crippen LogP contribution in [0.15, 0.2) is 65.3 Å². The van der Waals surface area contributed by atoms with E-state index >= 15 is 0 Å². The number of aromatic nitrogens is 3. The number of carbonyl (C=O) groups excluding carboxylic acids is 1. The molecule has 2 heterocycles. The molecule has 2 aliphatic carbocycles. The van der Waals surface area contributed by atoms with Gasteiger partial charge in [0.25, 0.3) is 0 Å². The highest BCUT2D eigenvalue weighted by molar-refractivity contribution is 6.03. The molecule has 2 aromatic heterocycles. The Morgan fingerprint density at radius 2 is 2.13 bits per heavy atom. The van der Waals surface area contributed by atoms with Gasteiger partial charge in [-0.2, -0.15) is 5.10 Å². The number of allylic oxidation sites excluding steroid dienone is 3. The van der Waals surface area contributed by atoms with Gasteiger partial charge in [-0.15, -0.1) is 0 Å². The van der Waals surface area contributed by atoms with E-state index in [1.165, 1.54) is 18.3 Å². The third-order valence-electron chi connectivity index (χ3n) is 5.94. The van der Waals surface area contributed by atoms with E-state index in [-0.39, 0.29) is 24.2 Å². The maximum atomic E-state index is 13.4. The number of nitrogens with zero attached hydrogens (tertiary/aromatic N) is 3. The Hall–Kier alpha value is -3.68. The van der Waals surface area contributed by atoms with E-state index in [2.05, 4.69) is 15.6 Å². The molecule has 0 bridgehead atoms. The molecule has 7 nitrogen and oxygen atoms in total. The number of halogens is 1. The van der Waals surface area contributed by atoms with Gasteiger partial charge in [-0.25, -0.2) is 4.39 Å². The minimum Gasteiger partial charge on any atom is -0.492 e. The molecule has 0 spiro atoms. The summed E-state index contributed by atoms with van der Waals surface area (Å²) in [4.78, 5) is 13.4. The first-order chi connectivity index (χ1) is 15.0. The van der Waals surface area contributed by atoms with Crippen LogP contribution < -0.4 is 5.32 Å². The lowest BCUT2D eigenvalue weighted by Crippen LogP contribution is -2.30. The second-order valence-electron chi connectivity index (χ2n) is 7.95. The molecule has 0 saturated heterocycles. The van der Waals surface area contributed by atoms with Crippen LogP contribution in [0.1, 0.15) is 23.3 Å². The average Bonchev–Trinajstić information content (AvgIpc) is 3.20. The summed E-state index contributed by atoms with van der Waals surface area (Å²) in [5.74, 6) is 0.653. The Bertz CT molecular complexity index is 1210. The minimum atomic E-state index is -0.816. The Balaban J connectivity index is 1.44. The number of carbonyl (C=O) groups is 1. The number of hydrogen-bond donors (Lipinski definition) is 1. The lowest BCUT2D eigenvalue weighted by Gasteiger charge is -2.24. The van der Waals surface area contributed by atoms with Crippen molar-refractivity contribution in [2.24, 2.45) is 18.4 Å². The molecule has 8 heteroatoms. The van der Waals surface area contributed by atoms with E-state index in [0.717, 1.165) is 16.7 Å². The molecule has 1 N–H and O–H groups in total. The van der Waals surface area contributed by atoms with Crippen molar-refractivity contribution in [1.82, 2.24) is 14.9 Å². The first-order valence-corrected chi connectivity index (χ1v) is 9.99. The maximum absolute atomic E-state index is 13.4. The molecular formula is C23H21FN4O3. The first-order valence-electron chi connectivity index (χ1n) is 9.99. The van der Waals surface area contributed by atoms with Crippen LogP contribution in [0, 0.1) is 24.1 Å². The summed E-state index contributed by atoms with van der Waals surface area (Å²) in [5, 5.41) is 10.9. The second kappa shape index (κ2) is 7.23. The second-order valence-corrected chi connectivity index (χ2v) is 7.95. The van der Waals surface area contributed by atoms with Crippen LogP contribution in [-0.4, -0.2) is 20.8 Å². The normalized spacial score (nSPS) is 21.7. The van der Waals surface area contributed by atoms with Gasteiger partial charge in [0.05, 0.1) is 12.4 Å². The number of benzene rings is 1. The lowest BCUT2D eigenvalue weighted by molar-refractivity contribution is -0.121. The maximum Gasteiger partial charge on any atom is 0.239 e. The Kier molecular flexibility index (Phi) is 4.50. The lowest BCUT2D eigenvalue weighted by atomic mass is 9.88. The van der Waals surface area contributed by atoms with Gasteiger partial charge in [0.15, 0.2) is 5.76 Å². The molecule has 2 aliphatic rings. The molecule has 158 valence electrons. The molecule has 0 aliphatic heterocycles. The first kappa shape index (κ1) is 19.3. The monoisotopic (exact) mass is 420 g/mol. The highest BCUT2D eigenvalue weighted by atomic mass is 19.1. The number of amides is 1. The van der Waals surface area contributed by atoms with Gasteiger partial charge in [0.2, 0.25) is 5.91 Å². The third-order valence-corrected chi connectivity index (χ3v) is 5.94. The highest BCUT2D eigenvalue weighted by Crippen LogP contribution is 2.65. The largest absolute Gasteiger partial charge is 0.492 e. The minimum absolute atomic E-state index is 0.0231. The molecule has 1 amide bonds. The number of rotatable bonds is 6. The average molecular weight is 420 g/mol. The van der Waals surface area contributed by atoms with E-state index in [9.17, 15) is 9.18 Å². The summed E-state index contributed by atoms with van der Waals surface area (Å²) in [6.07, 6.45) is 9.70. The van der Waals surface area contributed by atoms with Crippen molar-refractivity contribution < 1.29 is 18.4 Å².